The number of aromatic nitrogens is 3. The summed E-state index contributed by atoms with van der Waals surface area (Å²) in [6.45, 7) is 0. The van der Waals surface area contributed by atoms with Crippen molar-refractivity contribution in [2.45, 2.75) is 31.7 Å². The lowest BCUT2D eigenvalue weighted by atomic mass is 10.1. The van der Waals surface area contributed by atoms with E-state index in [4.69, 9.17) is 0 Å². The van der Waals surface area contributed by atoms with Gasteiger partial charge >= 0.3 is 0 Å². The molecule has 20 heavy (non-hydrogen) atoms. The lowest BCUT2D eigenvalue weighted by molar-refractivity contribution is -0.124. The van der Waals surface area contributed by atoms with Crippen molar-refractivity contribution >= 4 is 5.91 Å². The minimum Gasteiger partial charge on any atom is -0.357 e. The van der Waals surface area contributed by atoms with Crippen LogP contribution in [0.4, 0.5) is 0 Å². The number of carbonyl (C=O) groups is 1. The molecule has 0 spiro atoms. The van der Waals surface area contributed by atoms with Gasteiger partial charge < -0.3 is 5.32 Å². The maximum Gasteiger partial charge on any atom is 0.242 e. The van der Waals surface area contributed by atoms with Crippen LogP contribution in [0.3, 0.4) is 0 Å². The molecule has 1 amide bonds. The molecule has 1 unspecified atom stereocenters. The van der Waals surface area contributed by atoms with Crippen LogP contribution in [0.1, 0.15) is 31.1 Å². The molecule has 1 N–H and O–H groups in total. The molecule has 0 saturated carbocycles. The number of rotatable bonds is 2. The Morgan fingerprint density at radius 2 is 2.05 bits per heavy atom. The van der Waals surface area contributed by atoms with Crippen LogP contribution in [-0.2, 0) is 11.2 Å². The van der Waals surface area contributed by atoms with Crippen LogP contribution in [0, 0.1) is 0 Å². The Kier molecular flexibility index (Phi) is 3.50. The highest BCUT2D eigenvalue weighted by Crippen LogP contribution is 2.29. The van der Waals surface area contributed by atoms with E-state index >= 15 is 0 Å². The van der Waals surface area contributed by atoms with Crippen molar-refractivity contribution in [3.63, 3.8) is 0 Å². The van der Waals surface area contributed by atoms with Crippen LogP contribution in [0.15, 0.2) is 30.3 Å². The molecule has 1 aliphatic rings. The predicted octanol–water partition coefficient (Wildman–Crippen LogP) is 1.96. The van der Waals surface area contributed by atoms with Crippen LogP contribution in [0.2, 0.25) is 0 Å². The smallest absolute Gasteiger partial charge is 0.242 e. The average Bonchev–Trinajstić information content (AvgIpc) is 2.80. The van der Waals surface area contributed by atoms with Crippen LogP contribution >= 0.6 is 0 Å². The molecule has 104 valence electrons. The zero-order valence-electron chi connectivity index (χ0n) is 11.5. The Balaban J connectivity index is 2.11. The van der Waals surface area contributed by atoms with Gasteiger partial charge in [-0.15, -0.1) is 10.2 Å². The minimum atomic E-state index is -0.206. The van der Waals surface area contributed by atoms with Gasteiger partial charge in [-0.25, -0.2) is 0 Å². The van der Waals surface area contributed by atoms with Gasteiger partial charge in [0.25, 0.3) is 0 Å². The summed E-state index contributed by atoms with van der Waals surface area (Å²) in [5.74, 6) is 1.73. The Morgan fingerprint density at radius 3 is 2.80 bits per heavy atom. The molecule has 1 atom stereocenters. The second kappa shape index (κ2) is 5.45. The summed E-state index contributed by atoms with van der Waals surface area (Å²) in [6.07, 6.45) is 3.81. The number of hydrogen-bond acceptors (Lipinski definition) is 3. The number of benzene rings is 1. The van der Waals surface area contributed by atoms with Crippen molar-refractivity contribution in [1.29, 1.82) is 0 Å². The van der Waals surface area contributed by atoms with Crippen molar-refractivity contribution in [3.8, 4) is 11.4 Å². The van der Waals surface area contributed by atoms with E-state index in [1.165, 1.54) is 0 Å². The number of fused-ring (bicyclic) bond motifs is 1. The maximum atomic E-state index is 12.2. The zero-order chi connectivity index (χ0) is 13.9. The first-order valence-electron chi connectivity index (χ1n) is 7.02. The third kappa shape index (κ3) is 2.19. The van der Waals surface area contributed by atoms with Gasteiger partial charge in [-0.2, -0.15) is 0 Å². The van der Waals surface area contributed by atoms with E-state index in [1.54, 1.807) is 7.05 Å². The van der Waals surface area contributed by atoms with Gasteiger partial charge in [-0.3, -0.25) is 9.36 Å². The molecule has 2 aromatic rings. The number of likely N-dealkylation sites (N-methyl/N-ethyl adjacent to an activating group) is 1. The standard InChI is InChI=1S/C15H18N4O/c1-16-15(20)12-9-5-6-10-13-17-18-14(19(12)13)11-7-3-2-4-8-11/h2-4,7-8,12H,5-6,9-10H2,1H3,(H,16,20). The molecule has 0 saturated heterocycles. The third-order valence-electron chi connectivity index (χ3n) is 3.79. The normalized spacial score (nSPS) is 18.1. The SMILES string of the molecule is CNC(=O)C1CCCCc2nnc(-c3ccccc3)n21. The van der Waals surface area contributed by atoms with Crippen molar-refractivity contribution < 1.29 is 4.79 Å². The molecule has 0 radical (unpaired) electrons. The second-order valence-electron chi connectivity index (χ2n) is 5.05. The topological polar surface area (TPSA) is 59.8 Å². The molecule has 1 aromatic heterocycles. The lowest BCUT2D eigenvalue weighted by Crippen LogP contribution is -2.30. The molecule has 2 heterocycles. The number of carbonyl (C=O) groups excluding carboxylic acids is 1. The minimum absolute atomic E-state index is 0.0325. The van der Waals surface area contributed by atoms with E-state index in [0.29, 0.717) is 0 Å². The quantitative estimate of drug-likeness (QED) is 0.907. The van der Waals surface area contributed by atoms with Gasteiger partial charge in [0.15, 0.2) is 5.82 Å². The van der Waals surface area contributed by atoms with E-state index in [9.17, 15) is 4.79 Å². The highest BCUT2D eigenvalue weighted by atomic mass is 16.2. The van der Waals surface area contributed by atoms with E-state index in [-0.39, 0.29) is 11.9 Å². The van der Waals surface area contributed by atoms with Crippen LogP contribution in [0.25, 0.3) is 11.4 Å². The predicted molar refractivity (Wildman–Crippen MR) is 76.1 cm³/mol. The van der Waals surface area contributed by atoms with Gasteiger partial charge in [0.05, 0.1) is 0 Å². The summed E-state index contributed by atoms with van der Waals surface area (Å²) in [6, 6.07) is 9.72. The molecule has 0 fully saturated rings. The lowest BCUT2D eigenvalue weighted by Gasteiger charge is -2.18. The number of nitrogens with zero attached hydrogens (tertiary/aromatic N) is 3. The maximum absolute atomic E-state index is 12.2. The van der Waals surface area contributed by atoms with Gasteiger partial charge in [0, 0.05) is 19.0 Å². The van der Waals surface area contributed by atoms with E-state index in [1.807, 2.05) is 34.9 Å². The van der Waals surface area contributed by atoms with Crippen molar-refractivity contribution in [2.24, 2.45) is 0 Å². The number of amides is 1. The van der Waals surface area contributed by atoms with Crippen molar-refractivity contribution in [2.75, 3.05) is 7.05 Å². The van der Waals surface area contributed by atoms with E-state index in [2.05, 4.69) is 15.5 Å². The highest BCUT2D eigenvalue weighted by molar-refractivity contribution is 5.80. The molecule has 0 aliphatic carbocycles. The molecule has 5 nitrogen and oxygen atoms in total. The molecule has 1 aromatic carbocycles. The van der Waals surface area contributed by atoms with Gasteiger partial charge in [0.1, 0.15) is 11.9 Å². The van der Waals surface area contributed by atoms with Crippen LogP contribution < -0.4 is 5.32 Å². The molecule has 5 heteroatoms. The van der Waals surface area contributed by atoms with Crippen molar-refractivity contribution in [3.05, 3.63) is 36.2 Å². The Bertz CT molecular complexity index is 606. The Morgan fingerprint density at radius 1 is 1.25 bits per heavy atom. The first kappa shape index (κ1) is 12.8. The van der Waals surface area contributed by atoms with Gasteiger partial charge in [-0.1, -0.05) is 36.8 Å². The fourth-order valence-electron chi connectivity index (χ4n) is 2.77. The molecule has 1 aliphatic heterocycles. The fraction of sp³-hybridized carbons (Fsp3) is 0.400. The molecular weight excluding hydrogens is 252 g/mol. The second-order valence-corrected chi connectivity index (χ2v) is 5.05. The Hall–Kier alpha value is -2.17. The van der Waals surface area contributed by atoms with Crippen molar-refractivity contribution in [1.82, 2.24) is 20.1 Å². The van der Waals surface area contributed by atoms with Crippen LogP contribution in [-0.4, -0.2) is 27.7 Å². The first-order chi connectivity index (χ1) is 9.81. The van der Waals surface area contributed by atoms with Gasteiger partial charge in [-0.05, 0) is 12.8 Å². The van der Waals surface area contributed by atoms with Crippen LogP contribution in [0.5, 0.6) is 0 Å². The summed E-state index contributed by atoms with van der Waals surface area (Å²) in [7, 11) is 1.68. The molecular formula is C15H18N4O. The first-order valence-corrected chi connectivity index (χ1v) is 7.02. The summed E-state index contributed by atoms with van der Waals surface area (Å²) in [5, 5.41) is 11.4. The third-order valence-corrected chi connectivity index (χ3v) is 3.79. The molecule has 3 rings (SSSR count). The number of hydrogen-bond donors (Lipinski definition) is 1. The monoisotopic (exact) mass is 270 g/mol. The zero-order valence-corrected chi connectivity index (χ0v) is 11.5. The molecule has 0 bridgehead atoms. The van der Waals surface area contributed by atoms with Gasteiger partial charge in [0.2, 0.25) is 5.91 Å². The van der Waals surface area contributed by atoms with E-state index < -0.39 is 0 Å². The number of aryl methyl sites for hydroxylation is 1. The summed E-state index contributed by atoms with van der Waals surface area (Å²) >= 11 is 0. The average molecular weight is 270 g/mol. The fourth-order valence-corrected chi connectivity index (χ4v) is 2.77. The van der Waals surface area contributed by atoms with E-state index in [0.717, 1.165) is 42.9 Å². The summed E-state index contributed by atoms with van der Waals surface area (Å²) in [4.78, 5) is 12.2. The largest absolute Gasteiger partial charge is 0.357 e. The number of nitrogens with one attached hydrogen (secondary N) is 1. The highest BCUT2D eigenvalue weighted by Gasteiger charge is 2.28. The summed E-state index contributed by atoms with van der Waals surface area (Å²) < 4.78 is 2.02. The Labute approximate surface area is 118 Å². The summed E-state index contributed by atoms with van der Waals surface area (Å²) in [5.41, 5.74) is 1.00.